The normalized spacial score (nSPS) is 12.4. The number of benzene rings is 1. The molecule has 20 heavy (non-hydrogen) atoms. The molecule has 3 nitrogen and oxygen atoms in total. The fraction of sp³-hybridized carbons (Fsp3) is 0.375. The number of aromatic nitrogens is 2. The van der Waals surface area contributed by atoms with E-state index in [0.29, 0.717) is 6.42 Å². The Bertz CT molecular complexity index is 611. The number of nitrogens with zero attached hydrogens (tertiary/aromatic N) is 2. The van der Waals surface area contributed by atoms with E-state index in [2.05, 4.69) is 23.2 Å². The van der Waals surface area contributed by atoms with E-state index in [9.17, 15) is 0 Å². The van der Waals surface area contributed by atoms with Gasteiger partial charge in [0.2, 0.25) is 0 Å². The van der Waals surface area contributed by atoms with E-state index < -0.39 is 0 Å². The van der Waals surface area contributed by atoms with Crippen molar-refractivity contribution in [2.75, 3.05) is 0 Å². The summed E-state index contributed by atoms with van der Waals surface area (Å²) in [5.41, 5.74) is 11.5. The first kappa shape index (κ1) is 14.9. The van der Waals surface area contributed by atoms with Crippen molar-refractivity contribution in [2.45, 2.75) is 39.7 Å². The Morgan fingerprint density at radius 3 is 2.60 bits per heavy atom. The minimum absolute atomic E-state index is 0.112. The summed E-state index contributed by atoms with van der Waals surface area (Å²) < 4.78 is 0. The van der Waals surface area contributed by atoms with E-state index in [4.69, 9.17) is 17.3 Å². The molecule has 0 radical (unpaired) electrons. The Kier molecular flexibility index (Phi) is 4.73. The van der Waals surface area contributed by atoms with Gasteiger partial charge in [0, 0.05) is 11.1 Å². The number of hydrogen-bond acceptors (Lipinski definition) is 3. The molecule has 0 bridgehead atoms. The molecule has 4 heteroatoms. The van der Waals surface area contributed by atoms with Crippen LogP contribution in [0.3, 0.4) is 0 Å². The highest BCUT2D eigenvalue weighted by Gasteiger charge is 2.14. The van der Waals surface area contributed by atoms with Gasteiger partial charge in [0.25, 0.3) is 0 Å². The van der Waals surface area contributed by atoms with Crippen molar-refractivity contribution in [1.82, 2.24) is 10.2 Å². The van der Waals surface area contributed by atoms with Gasteiger partial charge >= 0.3 is 0 Å². The zero-order chi connectivity index (χ0) is 14.7. The van der Waals surface area contributed by atoms with Gasteiger partial charge < -0.3 is 5.73 Å². The lowest BCUT2D eigenvalue weighted by Crippen LogP contribution is -2.17. The van der Waals surface area contributed by atoms with Crippen molar-refractivity contribution in [2.24, 2.45) is 5.73 Å². The molecule has 0 saturated heterocycles. The quantitative estimate of drug-likeness (QED) is 0.936. The highest BCUT2D eigenvalue weighted by atomic mass is 35.5. The largest absolute Gasteiger partial charge is 0.324 e. The molecule has 0 aliphatic carbocycles. The van der Waals surface area contributed by atoms with E-state index in [1.807, 2.05) is 32.0 Å². The Balaban J connectivity index is 2.27. The van der Waals surface area contributed by atoms with E-state index in [1.165, 1.54) is 0 Å². The minimum Gasteiger partial charge on any atom is -0.324 e. The maximum Gasteiger partial charge on any atom is 0.0676 e. The average molecular weight is 290 g/mol. The van der Waals surface area contributed by atoms with Crippen LogP contribution in [0.25, 0.3) is 0 Å². The van der Waals surface area contributed by atoms with Gasteiger partial charge in [0.05, 0.1) is 11.4 Å². The molecule has 0 saturated carbocycles. The van der Waals surface area contributed by atoms with Gasteiger partial charge in [0.15, 0.2) is 0 Å². The summed E-state index contributed by atoms with van der Waals surface area (Å²) in [4.78, 5) is 0. The molecule has 2 rings (SSSR count). The fourth-order valence-electron chi connectivity index (χ4n) is 2.29. The molecule has 0 aliphatic heterocycles. The zero-order valence-electron chi connectivity index (χ0n) is 12.2. The summed E-state index contributed by atoms with van der Waals surface area (Å²) in [6.45, 7) is 6.02. The molecular weight excluding hydrogens is 270 g/mol. The highest BCUT2D eigenvalue weighted by Crippen LogP contribution is 2.24. The number of aryl methyl sites for hydroxylation is 3. The SMILES string of the molecule is CCc1nnc(C)cc1C(N)Cc1ccc(C)cc1Cl. The lowest BCUT2D eigenvalue weighted by Gasteiger charge is -2.16. The van der Waals surface area contributed by atoms with Gasteiger partial charge in [-0.05, 0) is 55.5 Å². The monoisotopic (exact) mass is 289 g/mol. The first-order valence-electron chi connectivity index (χ1n) is 6.85. The van der Waals surface area contributed by atoms with Crippen molar-refractivity contribution < 1.29 is 0 Å². The molecule has 1 heterocycles. The van der Waals surface area contributed by atoms with Crippen LogP contribution >= 0.6 is 11.6 Å². The number of nitrogens with two attached hydrogens (primary N) is 1. The summed E-state index contributed by atoms with van der Waals surface area (Å²) in [5.74, 6) is 0. The Morgan fingerprint density at radius 2 is 1.95 bits per heavy atom. The van der Waals surface area contributed by atoms with E-state index in [-0.39, 0.29) is 6.04 Å². The van der Waals surface area contributed by atoms with Crippen LogP contribution in [-0.2, 0) is 12.8 Å². The minimum atomic E-state index is -0.112. The maximum absolute atomic E-state index is 6.35. The zero-order valence-corrected chi connectivity index (χ0v) is 12.9. The molecule has 2 aromatic rings. The molecular formula is C16H20ClN3. The number of hydrogen-bond donors (Lipinski definition) is 1. The van der Waals surface area contributed by atoms with E-state index >= 15 is 0 Å². The van der Waals surface area contributed by atoms with Crippen molar-refractivity contribution >= 4 is 11.6 Å². The van der Waals surface area contributed by atoms with Crippen LogP contribution in [0.5, 0.6) is 0 Å². The number of rotatable bonds is 4. The first-order chi connectivity index (χ1) is 9.51. The van der Waals surface area contributed by atoms with Gasteiger partial charge in [0.1, 0.15) is 0 Å². The van der Waals surface area contributed by atoms with Gasteiger partial charge in [-0.15, -0.1) is 0 Å². The topological polar surface area (TPSA) is 51.8 Å². The van der Waals surface area contributed by atoms with Crippen LogP contribution in [0, 0.1) is 13.8 Å². The smallest absolute Gasteiger partial charge is 0.0676 e. The molecule has 106 valence electrons. The molecule has 0 aliphatic rings. The second-order valence-electron chi connectivity index (χ2n) is 5.15. The van der Waals surface area contributed by atoms with Gasteiger partial charge in [-0.1, -0.05) is 30.7 Å². The summed E-state index contributed by atoms with van der Waals surface area (Å²) in [7, 11) is 0. The summed E-state index contributed by atoms with van der Waals surface area (Å²) in [5, 5.41) is 9.11. The Labute approximate surface area is 125 Å². The maximum atomic E-state index is 6.35. The second kappa shape index (κ2) is 6.33. The molecule has 0 spiro atoms. The fourth-order valence-corrected chi connectivity index (χ4v) is 2.61. The molecule has 1 aromatic carbocycles. The summed E-state index contributed by atoms with van der Waals surface area (Å²) >= 11 is 6.28. The third kappa shape index (κ3) is 3.35. The van der Waals surface area contributed by atoms with Crippen LogP contribution in [0.4, 0.5) is 0 Å². The lowest BCUT2D eigenvalue weighted by molar-refractivity contribution is 0.691. The van der Waals surface area contributed by atoms with Crippen LogP contribution < -0.4 is 5.73 Å². The molecule has 2 N–H and O–H groups in total. The highest BCUT2D eigenvalue weighted by molar-refractivity contribution is 6.31. The first-order valence-corrected chi connectivity index (χ1v) is 7.22. The van der Waals surface area contributed by atoms with Crippen LogP contribution in [0.15, 0.2) is 24.3 Å². The van der Waals surface area contributed by atoms with Crippen LogP contribution in [-0.4, -0.2) is 10.2 Å². The van der Waals surface area contributed by atoms with Gasteiger partial charge in [-0.2, -0.15) is 10.2 Å². The summed E-state index contributed by atoms with van der Waals surface area (Å²) in [6, 6.07) is 7.99. The summed E-state index contributed by atoms with van der Waals surface area (Å²) in [6.07, 6.45) is 1.54. The average Bonchev–Trinajstić information content (AvgIpc) is 2.41. The van der Waals surface area contributed by atoms with Gasteiger partial charge in [-0.25, -0.2) is 0 Å². The number of halogens is 1. The standard InChI is InChI=1S/C16H20ClN3/c1-4-16-13(8-11(3)19-20-16)15(18)9-12-6-5-10(2)7-14(12)17/h5-8,15H,4,9,18H2,1-3H3. The molecule has 1 aromatic heterocycles. The van der Waals surface area contributed by atoms with Crippen molar-refractivity contribution in [3.63, 3.8) is 0 Å². The third-order valence-electron chi connectivity index (χ3n) is 3.41. The van der Waals surface area contributed by atoms with E-state index in [0.717, 1.165) is 39.5 Å². The van der Waals surface area contributed by atoms with Crippen molar-refractivity contribution in [3.8, 4) is 0 Å². The van der Waals surface area contributed by atoms with Gasteiger partial charge in [-0.3, -0.25) is 0 Å². The van der Waals surface area contributed by atoms with E-state index in [1.54, 1.807) is 0 Å². The molecule has 0 amide bonds. The molecule has 1 atom stereocenters. The predicted octanol–water partition coefficient (Wildman–Crippen LogP) is 3.55. The van der Waals surface area contributed by atoms with Crippen molar-refractivity contribution in [1.29, 1.82) is 0 Å². The lowest BCUT2D eigenvalue weighted by atomic mass is 9.97. The predicted molar refractivity (Wildman–Crippen MR) is 83.0 cm³/mol. The van der Waals surface area contributed by atoms with Crippen LogP contribution in [0.1, 0.15) is 41.0 Å². The molecule has 1 unspecified atom stereocenters. The molecule has 0 fully saturated rings. The Morgan fingerprint density at radius 1 is 1.20 bits per heavy atom. The Hall–Kier alpha value is -1.45. The second-order valence-corrected chi connectivity index (χ2v) is 5.55. The van der Waals surface area contributed by atoms with Crippen molar-refractivity contribution in [3.05, 3.63) is 57.4 Å². The van der Waals surface area contributed by atoms with Crippen LogP contribution in [0.2, 0.25) is 5.02 Å². The third-order valence-corrected chi connectivity index (χ3v) is 3.76.